The number of benzene rings is 1. The standard InChI is InChI=1S/C13H15N3O/c1-3-12-14-13(4-2)16(15-12)11-7-5-6-10(8-11)9-17/h5-9H,3-4H2,1-2H3. The molecule has 0 atom stereocenters. The van der Waals surface area contributed by atoms with E-state index >= 15 is 0 Å². The van der Waals surface area contributed by atoms with E-state index in [-0.39, 0.29) is 0 Å². The van der Waals surface area contributed by atoms with Crippen LogP contribution in [-0.4, -0.2) is 21.1 Å². The zero-order valence-electron chi connectivity index (χ0n) is 10.1. The molecule has 0 amide bonds. The summed E-state index contributed by atoms with van der Waals surface area (Å²) in [6.07, 6.45) is 2.47. The quantitative estimate of drug-likeness (QED) is 0.755. The average molecular weight is 229 g/mol. The van der Waals surface area contributed by atoms with Gasteiger partial charge in [0.25, 0.3) is 0 Å². The Morgan fingerprint density at radius 2 is 2.12 bits per heavy atom. The number of carbonyl (C=O) groups excluding carboxylic acids is 1. The third kappa shape index (κ3) is 2.25. The molecule has 4 nitrogen and oxygen atoms in total. The summed E-state index contributed by atoms with van der Waals surface area (Å²) >= 11 is 0. The predicted molar refractivity (Wildman–Crippen MR) is 65.5 cm³/mol. The topological polar surface area (TPSA) is 47.8 Å². The minimum Gasteiger partial charge on any atom is -0.298 e. The van der Waals surface area contributed by atoms with Gasteiger partial charge in [-0.2, -0.15) is 5.10 Å². The van der Waals surface area contributed by atoms with Gasteiger partial charge in [-0.3, -0.25) is 4.79 Å². The van der Waals surface area contributed by atoms with Gasteiger partial charge in [-0.1, -0.05) is 26.0 Å². The van der Waals surface area contributed by atoms with Crippen molar-refractivity contribution in [3.8, 4) is 5.69 Å². The van der Waals surface area contributed by atoms with E-state index in [9.17, 15) is 4.79 Å². The zero-order valence-corrected chi connectivity index (χ0v) is 10.1. The number of aryl methyl sites for hydroxylation is 2. The minimum atomic E-state index is 0.651. The Morgan fingerprint density at radius 1 is 1.29 bits per heavy atom. The van der Waals surface area contributed by atoms with E-state index in [0.29, 0.717) is 5.56 Å². The highest BCUT2D eigenvalue weighted by atomic mass is 16.1. The van der Waals surface area contributed by atoms with E-state index in [0.717, 1.165) is 36.5 Å². The van der Waals surface area contributed by atoms with Crippen LogP contribution in [0.2, 0.25) is 0 Å². The van der Waals surface area contributed by atoms with Gasteiger partial charge in [0.05, 0.1) is 5.69 Å². The SMILES string of the molecule is CCc1nc(CC)n(-c2cccc(C=O)c2)n1. The highest BCUT2D eigenvalue weighted by Gasteiger charge is 2.08. The Hall–Kier alpha value is -1.97. The molecule has 0 aliphatic rings. The van der Waals surface area contributed by atoms with Crippen LogP contribution in [-0.2, 0) is 12.8 Å². The molecule has 0 spiro atoms. The molecule has 0 unspecified atom stereocenters. The van der Waals surface area contributed by atoms with Crippen LogP contribution in [0, 0.1) is 0 Å². The molecule has 0 radical (unpaired) electrons. The number of hydrogen-bond donors (Lipinski definition) is 0. The summed E-state index contributed by atoms with van der Waals surface area (Å²) in [5, 5.41) is 4.43. The average Bonchev–Trinajstić information content (AvgIpc) is 2.82. The van der Waals surface area contributed by atoms with Crippen LogP contribution in [0.5, 0.6) is 0 Å². The van der Waals surface area contributed by atoms with E-state index in [1.165, 1.54) is 0 Å². The zero-order chi connectivity index (χ0) is 12.3. The maximum atomic E-state index is 10.8. The fourth-order valence-corrected chi connectivity index (χ4v) is 1.71. The number of carbonyl (C=O) groups is 1. The largest absolute Gasteiger partial charge is 0.298 e. The van der Waals surface area contributed by atoms with Crippen LogP contribution in [0.4, 0.5) is 0 Å². The van der Waals surface area contributed by atoms with Gasteiger partial charge < -0.3 is 0 Å². The lowest BCUT2D eigenvalue weighted by Crippen LogP contribution is -2.02. The second-order valence-corrected chi connectivity index (χ2v) is 3.78. The van der Waals surface area contributed by atoms with Crippen molar-refractivity contribution in [1.29, 1.82) is 0 Å². The van der Waals surface area contributed by atoms with Crippen molar-refractivity contribution in [3.63, 3.8) is 0 Å². The highest BCUT2D eigenvalue weighted by molar-refractivity contribution is 5.75. The normalized spacial score (nSPS) is 10.5. The summed E-state index contributed by atoms with van der Waals surface area (Å²) < 4.78 is 1.81. The first-order valence-corrected chi connectivity index (χ1v) is 5.79. The lowest BCUT2D eigenvalue weighted by atomic mass is 10.2. The molecular formula is C13H15N3O. The monoisotopic (exact) mass is 229 g/mol. The number of aldehydes is 1. The van der Waals surface area contributed by atoms with Crippen LogP contribution in [0.1, 0.15) is 35.9 Å². The first-order valence-electron chi connectivity index (χ1n) is 5.79. The molecule has 0 saturated heterocycles. The lowest BCUT2D eigenvalue weighted by molar-refractivity contribution is 0.112. The molecule has 0 aliphatic heterocycles. The fraction of sp³-hybridized carbons (Fsp3) is 0.308. The van der Waals surface area contributed by atoms with Crippen LogP contribution in [0.25, 0.3) is 5.69 Å². The first-order chi connectivity index (χ1) is 8.28. The van der Waals surface area contributed by atoms with Gasteiger partial charge in [0.15, 0.2) is 5.82 Å². The molecule has 0 saturated carbocycles. The molecule has 4 heteroatoms. The Kier molecular flexibility index (Phi) is 3.32. The van der Waals surface area contributed by atoms with E-state index < -0.39 is 0 Å². The minimum absolute atomic E-state index is 0.651. The van der Waals surface area contributed by atoms with Crippen molar-refractivity contribution in [3.05, 3.63) is 41.5 Å². The van der Waals surface area contributed by atoms with Crippen molar-refractivity contribution in [1.82, 2.24) is 14.8 Å². The Morgan fingerprint density at radius 3 is 2.76 bits per heavy atom. The van der Waals surface area contributed by atoms with E-state index in [1.54, 1.807) is 6.07 Å². The van der Waals surface area contributed by atoms with Gasteiger partial charge in [0, 0.05) is 18.4 Å². The molecule has 1 aromatic heterocycles. The Labute approximate surface area is 100 Å². The number of hydrogen-bond acceptors (Lipinski definition) is 3. The van der Waals surface area contributed by atoms with Crippen LogP contribution in [0.3, 0.4) is 0 Å². The summed E-state index contributed by atoms with van der Waals surface area (Å²) in [6.45, 7) is 4.07. The van der Waals surface area contributed by atoms with Gasteiger partial charge in [-0.05, 0) is 12.1 Å². The molecule has 0 aliphatic carbocycles. The van der Waals surface area contributed by atoms with Crippen LogP contribution >= 0.6 is 0 Å². The maximum absolute atomic E-state index is 10.8. The smallest absolute Gasteiger partial charge is 0.151 e. The molecule has 1 aromatic carbocycles. The Balaban J connectivity index is 2.50. The summed E-state index contributed by atoms with van der Waals surface area (Å²) in [5.74, 6) is 1.75. The van der Waals surface area contributed by atoms with Crippen molar-refractivity contribution in [2.45, 2.75) is 26.7 Å². The van der Waals surface area contributed by atoms with Crippen molar-refractivity contribution >= 4 is 6.29 Å². The van der Waals surface area contributed by atoms with Crippen molar-refractivity contribution in [2.75, 3.05) is 0 Å². The van der Waals surface area contributed by atoms with Gasteiger partial charge in [0.1, 0.15) is 12.1 Å². The number of rotatable bonds is 4. The molecule has 17 heavy (non-hydrogen) atoms. The van der Waals surface area contributed by atoms with Gasteiger partial charge in [0.2, 0.25) is 0 Å². The third-order valence-corrected chi connectivity index (χ3v) is 2.60. The summed E-state index contributed by atoms with van der Waals surface area (Å²) in [4.78, 5) is 15.2. The predicted octanol–water partition coefficient (Wildman–Crippen LogP) is 2.20. The molecular weight excluding hydrogens is 214 g/mol. The van der Waals surface area contributed by atoms with E-state index in [4.69, 9.17) is 0 Å². The molecule has 0 fully saturated rings. The highest BCUT2D eigenvalue weighted by Crippen LogP contribution is 2.12. The second kappa shape index (κ2) is 4.91. The fourth-order valence-electron chi connectivity index (χ4n) is 1.71. The molecule has 2 rings (SSSR count). The van der Waals surface area contributed by atoms with Crippen molar-refractivity contribution < 1.29 is 4.79 Å². The number of nitrogens with zero attached hydrogens (tertiary/aromatic N) is 3. The van der Waals surface area contributed by atoms with Gasteiger partial charge in [-0.15, -0.1) is 0 Å². The molecule has 88 valence electrons. The second-order valence-electron chi connectivity index (χ2n) is 3.78. The molecule has 1 heterocycles. The van der Waals surface area contributed by atoms with Gasteiger partial charge >= 0.3 is 0 Å². The van der Waals surface area contributed by atoms with Gasteiger partial charge in [-0.25, -0.2) is 9.67 Å². The first kappa shape index (κ1) is 11.5. The van der Waals surface area contributed by atoms with E-state index in [1.807, 2.05) is 36.7 Å². The summed E-state index contributed by atoms with van der Waals surface area (Å²) in [6, 6.07) is 7.38. The summed E-state index contributed by atoms with van der Waals surface area (Å²) in [5.41, 5.74) is 1.54. The van der Waals surface area contributed by atoms with Crippen LogP contribution in [0.15, 0.2) is 24.3 Å². The molecule has 0 bridgehead atoms. The lowest BCUT2D eigenvalue weighted by Gasteiger charge is -2.04. The summed E-state index contributed by atoms with van der Waals surface area (Å²) in [7, 11) is 0. The maximum Gasteiger partial charge on any atom is 0.151 e. The van der Waals surface area contributed by atoms with Crippen LogP contribution < -0.4 is 0 Å². The Bertz CT molecular complexity index is 531. The third-order valence-electron chi connectivity index (χ3n) is 2.60. The van der Waals surface area contributed by atoms with E-state index in [2.05, 4.69) is 10.1 Å². The molecule has 2 aromatic rings. The van der Waals surface area contributed by atoms with Crippen molar-refractivity contribution in [2.24, 2.45) is 0 Å². The molecule has 0 N–H and O–H groups in total. The number of aromatic nitrogens is 3.